The van der Waals surface area contributed by atoms with Crippen LogP contribution in [-0.4, -0.2) is 31.0 Å². The minimum atomic E-state index is -0.425. The van der Waals surface area contributed by atoms with Crippen molar-refractivity contribution in [3.05, 3.63) is 35.4 Å². The Morgan fingerprint density at radius 3 is 2.60 bits per heavy atom. The van der Waals surface area contributed by atoms with Crippen LogP contribution >= 0.6 is 0 Å². The fourth-order valence-electron chi connectivity index (χ4n) is 2.19. The normalized spacial score (nSPS) is 17.9. The second-order valence-electron chi connectivity index (χ2n) is 5.86. The summed E-state index contributed by atoms with van der Waals surface area (Å²) in [7, 11) is 0. The van der Waals surface area contributed by atoms with Crippen LogP contribution < -0.4 is 5.32 Å². The smallest absolute Gasteiger partial charge is 0.0897 e. The number of aliphatic hydroxyl groups is 1. The van der Waals surface area contributed by atoms with Crippen molar-refractivity contribution in [2.24, 2.45) is 5.92 Å². The third kappa shape index (κ3) is 5.23. The van der Waals surface area contributed by atoms with Gasteiger partial charge in [0.25, 0.3) is 0 Å². The number of nitrogens with one attached hydrogen (secondary N) is 1. The number of rotatable bonds is 9. The second kappa shape index (κ2) is 7.77. The fraction of sp³-hybridized carbons (Fsp3) is 0.647. The largest absolute Gasteiger partial charge is 0.389 e. The van der Waals surface area contributed by atoms with Gasteiger partial charge in [0.15, 0.2) is 0 Å². The zero-order valence-corrected chi connectivity index (χ0v) is 12.6. The summed E-state index contributed by atoms with van der Waals surface area (Å²) >= 11 is 0. The van der Waals surface area contributed by atoms with Crippen LogP contribution in [0.3, 0.4) is 0 Å². The molecule has 0 aromatic heterocycles. The molecule has 0 heterocycles. The average molecular weight is 277 g/mol. The van der Waals surface area contributed by atoms with Crippen LogP contribution in [0.5, 0.6) is 0 Å². The highest BCUT2D eigenvalue weighted by Crippen LogP contribution is 2.28. The molecule has 1 saturated carbocycles. The van der Waals surface area contributed by atoms with E-state index >= 15 is 0 Å². The standard InChI is InChI=1S/C17H27NO2/c1-3-14-6-8-16(9-7-14)13(2)18-10-17(19)12-20-11-15-4-5-15/h6-9,13,15,17-19H,3-5,10-12H2,1-2H3. The van der Waals surface area contributed by atoms with E-state index in [0.717, 1.165) is 18.9 Å². The molecular formula is C17H27NO2. The van der Waals surface area contributed by atoms with E-state index in [4.69, 9.17) is 4.74 Å². The summed E-state index contributed by atoms with van der Waals surface area (Å²) < 4.78 is 5.50. The summed E-state index contributed by atoms with van der Waals surface area (Å²) in [6, 6.07) is 8.91. The van der Waals surface area contributed by atoms with Crippen LogP contribution in [0, 0.1) is 5.92 Å². The lowest BCUT2D eigenvalue weighted by atomic mass is 10.0. The maximum atomic E-state index is 9.87. The molecule has 0 bridgehead atoms. The van der Waals surface area contributed by atoms with Crippen LogP contribution in [0.1, 0.15) is 43.9 Å². The summed E-state index contributed by atoms with van der Waals surface area (Å²) in [5, 5.41) is 13.2. The minimum Gasteiger partial charge on any atom is -0.389 e. The number of benzene rings is 1. The summed E-state index contributed by atoms with van der Waals surface area (Å²) in [4.78, 5) is 0. The summed E-state index contributed by atoms with van der Waals surface area (Å²) in [5.41, 5.74) is 2.61. The van der Waals surface area contributed by atoms with Crippen LogP contribution in [0.15, 0.2) is 24.3 Å². The predicted octanol–water partition coefficient (Wildman–Crippen LogP) is 2.69. The Morgan fingerprint density at radius 1 is 1.30 bits per heavy atom. The highest BCUT2D eigenvalue weighted by atomic mass is 16.5. The van der Waals surface area contributed by atoms with Gasteiger partial charge in [-0.1, -0.05) is 31.2 Å². The number of hydrogen-bond donors (Lipinski definition) is 2. The van der Waals surface area contributed by atoms with Gasteiger partial charge in [0.05, 0.1) is 12.7 Å². The third-order valence-corrected chi connectivity index (χ3v) is 3.91. The molecule has 3 nitrogen and oxygen atoms in total. The molecule has 0 amide bonds. The molecule has 2 rings (SSSR count). The maximum Gasteiger partial charge on any atom is 0.0897 e. The van der Waals surface area contributed by atoms with E-state index in [-0.39, 0.29) is 6.04 Å². The van der Waals surface area contributed by atoms with Crippen molar-refractivity contribution in [1.82, 2.24) is 5.32 Å². The van der Waals surface area contributed by atoms with Crippen molar-refractivity contribution < 1.29 is 9.84 Å². The van der Waals surface area contributed by atoms with Gasteiger partial charge in [-0.25, -0.2) is 0 Å². The molecule has 0 spiro atoms. The molecule has 0 aliphatic heterocycles. The first-order valence-electron chi connectivity index (χ1n) is 7.77. The Morgan fingerprint density at radius 2 is 2.00 bits per heavy atom. The van der Waals surface area contributed by atoms with E-state index in [0.29, 0.717) is 13.2 Å². The van der Waals surface area contributed by atoms with Gasteiger partial charge in [-0.2, -0.15) is 0 Å². The molecule has 112 valence electrons. The lowest BCUT2D eigenvalue weighted by molar-refractivity contribution is 0.0315. The van der Waals surface area contributed by atoms with Gasteiger partial charge in [-0.3, -0.25) is 0 Å². The average Bonchev–Trinajstić information content (AvgIpc) is 3.29. The number of aliphatic hydroxyl groups excluding tert-OH is 1. The fourth-order valence-corrected chi connectivity index (χ4v) is 2.19. The summed E-state index contributed by atoms with van der Waals surface area (Å²) in [6.07, 6.45) is 3.23. The van der Waals surface area contributed by atoms with Crippen LogP contribution in [0.2, 0.25) is 0 Å². The molecule has 2 unspecified atom stereocenters. The van der Waals surface area contributed by atoms with Gasteiger partial charge < -0.3 is 15.2 Å². The van der Waals surface area contributed by atoms with Crippen molar-refractivity contribution in [3.63, 3.8) is 0 Å². The zero-order chi connectivity index (χ0) is 14.4. The quantitative estimate of drug-likeness (QED) is 0.729. The molecule has 1 fully saturated rings. The van der Waals surface area contributed by atoms with E-state index in [1.807, 2.05) is 0 Å². The molecular weight excluding hydrogens is 250 g/mol. The first-order chi connectivity index (χ1) is 9.69. The van der Waals surface area contributed by atoms with Crippen LogP contribution in [0.25, 0.3) is 0 Å². The van der Waals surface area contributed by atoms with E-state index in [9.17, 15) is 5.11 Å². The molecule has 1 aliphatic rings. The Hall–Kier alpha value is -0.900. The van der Waals surface area contributed by atoms with E-state index < -0.39 is 6.10 Å². The molecule has 0 radical (unpaired) electrons. The van der Waals surface area contributed by atoms with Crippen molar-refractivity contribution >= 4 is 0 Å². The van der Waals surface area contributed by atoms with Crippen molar-refractivity contribution in [2.75, 3.05) is 19.8 Å². The minimum absolute atomic E-state index is 0.249. The molecule has 1 aromatic rings. The van der Waals surface area contributed by atoms with Gasteiger partial charge in [0.2, 0.25) is 0 Å². The van der Waals surface area contributed by atoms with Crippen LogP contribution in [0.4, 0.5) is 0 Å². The van der Waals surface area contributed by atoms with E-state index in [1.54, 1.807) is 0 Å². The molecule has 2 atom stereocenters. The molecule has 20 heavy (non-hydrogen) atoms. The molecule has 2 N–H and O–H groups in total. The predicted molar refractivity (Wildman–Crippen MR) is 81.8 cm³/mol. The molecule has 0 saturated heterocycles. The topological polar surface area (TPSA) is 41.5 Å². The Bertz CT molecular complexity index is 386. The lowest BCUT2D eigenvalue weighted by Gasteiger charge is -2.18. The van der Waals surface area contributed by atoms with E-state index in [1.165, 1.54) is 24.0 Å². The summed E-state index contributed by atoms with van der Waals surface area (Å²) in [6.45, 7) is 6.10. The zero-order valence-electron chi connectivity index (χ0n) is 12.6. The SMILES string of the molecule is CCc1ccc(C(C)NCC(O)COCC2CC2)cc1. The monoisotopic (exact) mass is 277 g/mol. The highest BCUT2D eigenvalue weighted by molar-refractivity contribution is 5.24. The molecule has 1 aromatic carbocycles. The maximum absolute atomic E-state index is 9.87. The first kappa shape index (κ1) is 15.5. The van der Waals surface area contributed by atoms with Gasteiger partial charge in [0.1, 0.15) is 0 Å². The Labute approximate surface area is 122 Å². The highest BCUT2D eigenvalue weighted by Gasteiger charge is 2.21. The number of aryl methyl sites for hydroxylation is 1. The second-order valence-corrected chi connectivity index (χ2v) is 5.86. The number of hydrogen-bond acceptors (Lipinski definition) is 3. The number of ether oxygens (including phenoxy) is 1. The third-order valence-electron chi connectivity index (χ3n) is 3.91. The van der Waals surface area contributed by atoms with Crippen LogP contribution in [-0.2, 0) is 11.2 Å². The first-order valence-corrected chi connectivity index (χ1v) is 7.77. The van der Waals surface area contributed by atoms with Crippen molar-refractivity contribution in [2.45, 2.75) is 45.3 Å². The van der Waals surface area contributed by atoms with Gasteiger partial charge >= 0.3 is 0 Å². The van der Waals surface area contributed by atoms with Gasteiger partial charge in [-0.05, 0) is 43.2 Å². The Kier molecular flexibility index (Phi) is 6.02. The lowest BCUT2D eigenvalue weighted by Crippen LogP contribution is -2.32. The van der Waals surface area contributed by atoms with Gasteiger partial charge in [0, 0.05) is 19.2 Å². The summed E-state index contributed by atoms with van der Waals surface area (Å²) in [5.74, 6) is 0.756. The Balaban J connectivity index is 1.65. The van der Waals surface area contributed by atoms with Crippen molar-refractivity contribution in [1.29, 1.82) is 0 Å². The van der Waals surface area contributed by atoms with E-state index in [2.05, 4.69) is 43.4 Å². The van der Waals surface area contributed by atoms with Crippen molar-refractivity contribution in [3.8, 4) is 0 Å². The molecule has 1 aliphatic carbocycles. The van der Waals surface area contributed by atoms with Gasteiger partial charge in [-0.15, -0.1) is 0 Å². The molecule has 3 heteroatoms.